The van der Waals surface area contributed by atoms with Gasteiger partial charge in [-0.15, -0.1) is 0 Å². The summed E-state index contributed by atoms with van der Waals surface area (Å²) >= 11 is 3.37. The fraction of sp³-hybridized carbons (Fsp3) is 0.0417. The summed E-state index contributed by atoms with van der Waals surface area (Å²) < 4.78 is 2.57. The standard InChI is InChI=1S/C24H19BrN4O2/c25-19-15-26-29(16-19)21-13-11-18(12-14-21)23(30)28-22(17-7-3-1-4-8-17)24(31)27-20-9-5-2-6-10-20/h1-16,22H,(H,27,31)(H,28,30). The van der Waals surface area contributed by atoms with Crippen molar-refractivity contribution in [2.75, 3.05) is 5.32 Å². The van der Waals surface area contributed by atoms with Gasteiger partial charge in [0.15, 0.2) is 0 Å². The van der Waals surface area contributed by atoms with E-state index in [-0.39, 0.29) is 11.8 Å². The summed E-state index contributed by atoms with van der Waals surface area (Å²) in [5.74, 6) is -0.658. The predicted octanol–water partition coefficient (Wildman–Crippen LogP) is 4.74. The van der Waals surface area contributed by atoms with Crippen LogP contribution in [0.5, 0.6) is 0 Å². The molecule has 1 unspecified atom stereocenters. The molecule has 6 nitrogen and oxygen atoms in total. The van der Waals surface area contributed by atoms with E-state index in [1.54, 1.807) is 47.3 Å². The molecule has 0 bridgehead atoms. The predicted molar refractivity (Wildman–Crippen MR) is 123 cm³/mol. The van der Waals surface area contributed by atoms with Gasteiger partial charge in [-0.25, -0.2) is 4.68 Å². The first kappa shape index (κ1) is 20.6. The molecule has 0 aliphatic rings. The Morgan fingerprint density at radius 2 is 1.52 bits per heavy atom. The maximum atomic E-state index is 13.0. The smallest absolute Gasteiger partial charge is 0.252 e. The van der Waals surface area contributed by atoms with Crippen LogP contribution in [0.1, 0.15) is 22.0 Å². The second kappa shape index (κ2) is 9.40. The van der Waals surface area contributed by atoms with Gasteiger partial charge in [-0.1, -0.05) is 48.5 Å². The fourth-order valence-electron chi connectivity index (χ4n) is 3.10. The average Bonchev–Trinajstić information content (AvgIpc) is 3.25. The molecule has 2 amide bonds. The van der Waals surface area contributed by atoms with E-state index in [2.05, 4.69) is 31.7 Å². The van der Waals surface area contributed by atoms with Crippen LogP contribution < -0.4 is 10.6 Å². The zero-order chi connectivity index (χ0) is 21.6. The summed E-state index contributed by atoms with van der Waals surface area (Å²) in [6.45, 7) is 0. The molecular weight excluding hydrogens is 456 g/mol. The highest BCUT2D eigenvalue weighted by Crippen LogP contribution is 2.18. The Morgan fingerprint density at radius 1 is 0.871 bits per heavy atom. The van der Waals surface area contributed by atoms with Gasteiger partial charge < -0.3 is 10.6 Å². The summed E-state index contributed by atoms with van der Waals surface area (Å²) in [6, 6.07) is 24.5. The Bertz CT molecular complexity index is 1180. The number of benzene rings is 3. The van der Waals surface area contributed by atoms with Crippen molar-refractivity contribution in [3.05, 3.63) is 113 Å². The zero-order valence-corrected chi connectivity index (χ0v) is 18.0. The number of amides is 2. The van der Waals surface area contributed by atoms with Crippen LogP contribution in [0.4, 0.5) is 5.69 Å². The molecule has 0 aliphatic heterocycles. The van der Waals surface area contributed by atoms with Crippen molar-refractivity contribution >= 4 is 33.4 Å². The van der Waals surface area contributed by atoms with E-state index in [1.165, 1.54) is 0 Å². The van der Waals surface area contributed by atoms with Gasteiger partial charge in [0, 0.05) is 17.4 Å². The minimum absolute atomic E-state index is 0.316. The lowest BCUT2D eigenvalue weighted by Crippen LogP contribution is -2.37. The Morgan fingerprint density at radius 3 is 2.13 bits per heavy atom. The highest BCUT2D eigenvalue weighted by atomic mass is 79.9. The van der Waals surface area contributed by atoms with Crippen molar-refractivity contribution in [2.45, 2.75) is 6.04 Å². The number of hydrogen-bond donors (Lipinski definition) is 2. The van der Waals surface area contributed by atoms with E-state index in [0.717, 1.165) is 10.2 Å². The first-order valence-corrected chi connectivity index (χ1v) is 10.4. The number of nitrogens with zero attached hydrogens (tertiary/aromatic N) is 2. The number of rotatable bonds is 6. The number of para-hydroxylation sites is 1. The maximum Gasteiger partial charge on any atom is 0.252 e. The van der Waals surface area contributed by atoms with Crippen LogP contribution >= 0.6 is 15.9 Å². The Labute approximate surface area is 188 Å². The van der Waals surface area contributed by atoms with Crippen molar-refractivity contribution in [3.63, 3.8) is 0 Å². The van der Waals surface area contributed by atoms with Crippen LogP contribution in [-0.4, -0.2) is 21.6 Å². The quantitative estimate of drug-likeness (QED) is 0.423. The van der Waals surface area contributed by atoms with E-state index >= 15 is 0 Å². The van der Waals surface area contributed by atoms with Crippen molar-refractivity contribution < 1.29 is 9.59 Å². The molecule has 1 atom stereocenters. The summed E-state index contributed by atoms with van der Waals surface area (Å²) in [6.07, 6.45) is 3.52. The van der Waals surface area contributed by atoms with Crippen LogP contribution in [0.2, 0.25) is 0 Å². The van der Waals surface area contributed by atoms with Crippen LogP contribution in [-0.2, 0) is 4.79 Å². The highest BCUT2D eigenvalue weighted by Gasteiger charge is 2.23. The van der Waals surface area contributed by atoms with Gasteiger partial charge in [0.1, 0.15) is 6.04 Å². The van der Waals surface area contributed by atoms with Gasteiger partial charge in [0.2, 0.25) is 0 Å². The minimum Gasteiger partial charge on any atom is -0.336 e. The van der Waals surface area contributed by atoms with E-state index in [0.29, 0.717) is 16.8 Å². The van der Waals surface area contributed by atoms with Gasteiger partial charge >= 0.3 is 0 Å². The number of carbonyl (C=O) groups excluding carboxylic acids is 2. The molecule has 4 rings (SSSR count). The Kier molecular flexibility index (Phi) is 6.24. The lowest BCUT2D eigenvalue weighted by molar-refractivity contribution is -0.118. The molecule has 0 radical (unpaired) electrons. The van der Waals surface area contributed by atoms with Crippen molar-refractivity contribution in [1.29, 1.82) is 0 Å². The summed E-state index contributed by atoms with van der Waals surface area (Å²) in [5, 5.41) is 9.94. The lowest BCUT2D eigenvalue weighted by Gasteiger charge is -2.19. The third-order valence-electron chi connectivity index (χ3n) is 4.66. The summed E-state index contributed by atoms with van der Waals surface area (Å²) in [7, 11) is 0. The molecular formula is C24H19BrN4O2. The van der Waals surface area contributed by atoms with Crippen molar-refractivity contribution in [1.82, 2.24) is 15.1 Å². The van der Waals surface area contributed by atoms with E-state index in [9.17, 15) is 9.59 Å². The van der Waals surface area contributed by atoms with Crippen molar-refractivity contribution in [2.24, 2.45) is 0 Å². The van der Waals surface area contributed by atoms with Gasteiger partial charge in [0.05, 0.1) is 16.4 Å². The van der Waals surface area contributed by atoms with Gasteiger partial charge in [-0.05, 0) is 57.9 Å². The van der Waals surface area contributed by atoms with Gasteiger partial charge in [-0.3, -0.25) is 9.59 Å². The molecule has 0 aliphatic carbocycles. The number of anilines is 1. The lowest BCUT2D eigenvalue weighted by atomic mass is 10.0. The van der Waals surface area contributed by atoms with E-state index < -0.39 is 6.04 Å². The third kappa shape index (κ3) is 5.07. The molecule has 1 aromatic heterocycles. The van der Waals surface area contributed by atoms with Crippen LogP contribution in [0.15, 0.2) is 102 Å². The molecule has 0 spiro atoms. The van der Waals surface area contributed by atoms with E-state index in [1.807, 2.05) is 54.7 Å². The Balaban J connectivity index is 1.53. The number of nitrogens with one attached hydrogen (secondary N) is 2. The van der Waals surface area contributed by atoms with E-state index in [4.69, 9.17) is 0 Å². The molecule has 0 saturated heterocycles. The number of carbonyl (C=O) groups is 2. The molecule has 0 fully saturated rings. The molecule has 154 valence electrons. The topological polar surface area (TPSA) is 76.0 Å². The summed E-state index contributed by atoms with van der Waals surface area (Å²) in [4.78, 5) is 25.9. The van der Waals surface area contributed by atoms with Crippen LogP contribution in [0, 0.1) is 0 Å². The highest BCUT2D eigenvalue weighted by molar-refractivity contribution is 9.10. The first-order valence-electron chi connectivity index (χ1n) is 9.62. The molecule has 7 heteroatoms. The fourth-order valence-corrected chi connectivity index (χ4v) is 3.39. The molecule has 1 heterocycles. The number of halogens is 1. The van der Waals surface area contributed by atoms with Crippen molar-refractivity contribution in [3.8, 4) is 5.69 Å². The maximum absolute atomic E-state index is 13.0. The molecule has 2 N–H and O–H groups in total. The second-order valence-corrected chi connectivity index (χ2v) is 7.74. The average molecular weight is 475 g/mol. The molecule has 4 aromatic rings. The molecule has 0 saturated carbocycles. The minimum atomic E-state index is -0.837. The normalized spacial score (nSPS) is 11.5. The van der Waals surface area contributed by atoms with Gasteiger partial charge in [0.25, 0.3) is 11.8 Å². The van der Waals surface area contributed by atoms with Gasteiger partial charge in [-0.2, -0.15) is 5.10 Å². The largest absolute Gasteiger partial charge is 0.336 e. The molecule has 31 heavy (non-hydrogen) atoms. The number of aromatic nitrogens is 2. The molecule has 3 aromatic carbocycles. The number of hydrogen-bond acceptors (Lipinski definition) is 3. The monoisotopic (exact) mass is 474 g/mol. The summed E-state index contributed by atoms with van der Waals surface area (Å²) in [5.41, 5.74) is 2.63. The van der Waals surface area contributed by atoms with Crippen LogP contribution in [0.3, 0.4) is 0 Å². The first-order chi connectivity index (χ1) is 15.1. The SMILES string of the molecule is O=C(NC(C(=O)Nc1ccccc1)c1ccccc1)c1ccc(-n2cc(Br)cn2)cc1. The van der Waals surface area contributed by atoms with Crippen LogP contribution in [0.25, 0.3) is 5.69 Å². The second-order valence-electron chi connectivity index (χ2n) is 6.82. The Hall–Kier alpha value is -3.71. The zero-order valence-electron chi connectivity index (χ0n) is 16.4. The third-order valence-corrected chi connectivity index (χ3v) is 5.07.